The van der Waals surface area contributed by atoms with Crippen molar-refractivity contribution in [1.29, 1.82) is 0 Å². The first-order chi connectivity index (χ1) is 36.2. The molecule has 342 valence electrons. The van der Waals surface area contributed by atoms with Crippen molar-refractivity contribution in [2.45, 2.75) is 0 Å². The average Bonchev–Trinajstić information content (AvgIpc) is 4.02. The highest BCUT2D eigenvalue weighted by atomic mass is 16.3. The molecule has 0 N–H and O–H groups in total. The zero-order chi connectivity index (χ0) is 48.2. The lowest BCUT2D eigenvalue weighted by atomic mass is 9.93. The highest BCUT2D eigenvalue weighted by Gasteiger charge is 2.20. The topological polar surface area (TPSA) is 21.3 Å². The van der Waals surface area contributed by atoms with Gasteiger partial charge in [-0.05, 0) is 116 Å². The molecule has 3 heteroatoms. The van der Waals surface area contributed by atoms with Crippen molar-refractivity contribution in [2.24, 2.45) is 0 Å². The van der Waals surface area contributed by atoms with E-state index in [1.165, 1.54) is 54.8 Å². The Morgan fingerprint density at radius 3 is 1.42 bits per heavy atom. The molecule has 14 aromatic rings. The maximum atomic E-state index is 6.55. The first kappa shape index (κ1) is 42.2. The van der Waals surface area contributed by atoms with E-state index in [2.05, 4.69) is 276 Å². The largest absolute Gasteiger partial charge is 0.455 e. The molecule has 0 atom stereocenters. The number of benzene rings is 12. The van der Waals surface area contributed by atoms with Gasteiger partial charge in [-0.15, -0.1) is 0 Å². The van der Waals surface area contributed by atoms with E-state index in [4.69, 9.17) is 4.42 Å². The second kappa shape index (κ2) is 17.6. The van der Waals surface area contributed by atoms with Crippen LogP contribution in [0.2, 0.25) is 0 Å². The summed E-state index contributed by atoms with van der Waals surface area (Å²) < 4.78 is 8.99. The van der Waals surface area contributed by atoms with E-state index < -0.39 is 0 Å². The van der Waals surface area contributed by atoms with Crippen LogP contribution in [0.15, 0.2) is 283 Å². The molecule has 0 saturated heterocycles. The normalized spacial score (nSPS) is 11.6. The number of furan rings is 1. The van der Waals surface area contributed by atoms with Gasteiger partial charge in [-0.3, -0.25) is 0 Å². The Hall–Kier alpha value is -9.70. The maximum absolute atomic E-state index is 6.55. The van der Waals surface area contributed by atoms with Crippen molar-refractivity contribution in [3.8, 4) is 61.3 Å². The molecule has 0 bridgehead atoms. The second-order valence-electron chi connectivity index (χ2n) is 18.8. The first-order valence-electron chi connectivity index (χ1n) is 25.0. The van der Waals surface area contributed by atoms with E-state index in [-0.39, 0.29) is 0 Å². The van der Waals surface area contributed by atoms with Crippen LogP contribution < -0.4 is 4.90 Å². The molecule has 14 rings (SSSR count). The first-order valence-corrected chi connectivity index (χ1v) is 25.0. The van der Waals surface area contributed by atoms with Crippen LogP contribution in [0.1, 0.15) is 0 Å². The van der Waals surface area contributed by atoms with E-state index in [1.807, 2.05) is 12.1 Å². The highest BCUT2D eigenvalue weighted by Crippen LogP contribution is 2.44. The average molecular weight is 931 g/mol. The third-order valence-electron chi connectivity index (χ3n) is 14.6. The number of rotatable bonds is 9. The minimum atomic E-state index is 0.898. The molecular weight excluding hydrogens is 885 g/mol. The molecule has 0 amide bonds. The van der Waals surface area contributed by atoms with Crippen molar-refractivity contribution in [1.82, 2.24) is 4.57 Å². The molecule has 12 aromatic carbocycles. The van der Waals surface area contributed by atoms with Crippen molar-refractivity contribution in [2.75, 3.05) is 4.90 Å². The molecule has 0 aliphatic heterocycles. The molecule has 73 heavy (non-hydrogen) atoms. The van der Waals surface area contributed by atoms with Gasteiger partial charge in [0.15, 0.2) is 0 Å². The van der Waals surface area contributed by atoms with E-state index in [0.29, 0.717) is 0 Å². The molecule has 3 nitrogen and oxygen atoms in total. The van der Waals surface area contributed by atoms with Gasteiger partial charge in [0.1, 0.15) is 11.2 Å². The zero-order valence-electron chi connectivity index (χ0n) is 39.9. The fourth-order valence-corrected chi connectivity index (χ4v) is 11.2. The van der Waals surface area contributed by atoms with Crippen LogP contribution in [0.5, 0.6) is 0 Å². The number of fused-ring (bicyclic) bond motifs is 7. The van der Waals surface area contributed by atoms with Crippen molar-refractivity contribution < 1.29 is 4.42 Å². The molecule has 0 spiro atoms. The zero-order valence-corrected chi connectivity index (χ0v) is 39.9. The van der Waals surface area contributed by atoms with E-state index in [0.717, 1.165) is 78.1 Å². The monoisotopic (exact) mass is 930 g/mol. The summed E-state index contributed by atoms with van der Waals surface area (Å²) >= 11 is 0. The quantitative estimate of drug-likeness (QED) is 0.144. The van der Waals surface area contributed by atoms with Gasteiger partial charge >= 0.3 is 0 Å². The molecular formula is C70H46N2O. The van der Waals surface area contributed by atoms with Crippen molar-refractivity contribution in [3.63, 3.8) is 0 Å². The molecule has 0 unspecified atom stereocenters. The maximum Gasteiger partial charge on any atom is 0.143 e. The van der Waals surface area contributed by atoms with Crippen LogP contribution in [0, 0.1) is 0 Å². The van der Waals surface area contributed by atoms with Crippen LogP contribution in [-0.2, 0) is 0 Å². The Morgan fingerprint density at radius 1 is 0.274 bits per heavy atom. The van der Waals surface area contributed by atoms with Gasteiger partial charge in [0.2, 0.25) is 0 Å². The number of nitrogens with zero attached hydrogens (tertiary/aromatic N) is 2. The summed E-state index contributed by atoms with van der Waals surface area (Å²) in [5.74, 6) is 0. The van der Waals surface area contributed by atoms with Gasteiger partial charge in [0.05, 0.1) is 16.7 Å². The molecule has 2 aromatic heterocycles. The minimum Gasteiger partial charge on any atom is -0.455 e. The van der Waals surface area contributed by atoms with Crippen LogP contribution in [-0.4, -0.2) is 4.57 Å². The Morgan fingerprint density at radius 2 is 0.740 bits per heavy atom. The Balaban J connectivity index is 0.887. The van der Waals surface area contributed by atoms with E-state index >= 15 is 0 Å². The number of aromatic nitrogens is 1. The summed E-state index contributed by atoms with van der Waals surface area (Å²) in [6, 6.07) is 101. The van der Waals surface area contributed by atoms with Crippen LogP contribution >= 0.6 is 0 Å². The molecule has 0 saturated carbocycles. The summed E-state index contributed by atoms with van der Waals surface area (Å²) in [5.41, 5.74) is 20.0. The van der Waals surface area contributed by atoms with Gasteiger partial charge in [0, 0.05) is 49.7 Å². The Bertz CT molecular complexity index is 4300. The van der Waals surface area contributed by atoms with Gasteiger partial charge in [-0.1, -0.05) is 218 Å². The predicted octanol–water partition coefficient (Wildman–Crippen LogP) is 19.6. The lowest BCUT2D eigenvalue weighted by Crippen LogP contribution is -2.10. The standard InChI is InChI=1S/C70H46N2O/c1-2-16-47(17-3-1)52-38-45-59(68(46-52)72-66-29-11-8-23-61(66)62-24-9-12-30-67(62)72)51-36-43-55(44-37-51)71(53-39-32-49(33-40-53)57-26-14-19-48-18-4-5-20-56(48)57)54-41-34-50(35-42-54)58-21-6-7-22-60(58)64-27-15-28-65-63-25-10-13-31-69(63)73-70(64)65/h1-46H. The van der Waals surface area contributed by atoms with Crippen molar-refractivity contribution >= 4 is 71.6 Å². The third kappa shape index (κ3) is 7.29. The smallest absolute Gasteiger partial charge is 0.143 e. The number of anilines is 3. The molecule has 0 aliphatic rings. The molecule has 0 fully saturated rings. The van der Waals surface area contributed by atoms with Crippen LogP contribution in [0.25, 0.3) is 116 Å². The fourth-order valence-electron chi connectivity index (χ4n) is 11.2. The van der Waals surface area contributed by atoms with Crippen LogP contribution in [0.3, 0.4) is 0 Å². The van der Waals surface area contributed by atoms with Gasteiger partial charge < -0.3 is 13.9 Å². The summed E-state index contributed by atoms with van der Waals surface area (Å²) in [7, 11) is 0. The molecule has 2 heterocycles. The molecule has 0 aliphatic carbocycles. The molecule has 0 radical (unpaired) electrons. The Labute approximate surface area is 423 Å². The van der Waals surface area contributed by atoms with Crippen LogP contribution in [0.4, 0.5) is 17.1 Å². The predicted molar refractivity (Wildman–Crippen MR) is 307 cm³/mol. The van der Waals surface area contributed by atoms with E-state index in [9.17, 15) is 0 Å². The highest BCUT2D eigenvalue weighted by molar-refractivity contribution is 6.11. The van der Waals surface area contributed by atoms with Gasteiger partial charge in [-0.2, -0.15) is 0 Å². The minimum absolute atomic E-state index is 0.898. The number of hydrogen-bond donors (Lipinski definition) is 0. The second-order valence-corrected chi connectivity index (χ2v) is 18.8. The summed E-state index contributed by atoms with van der Waals surface area (Å²) in [6.07, 6.45) is 0. The summed E-state index contributed by atoms with van der Waals surface area (Å²) in [4.78, 5) is 2.37. The fraction of sp³-hybridized carbons (Fsp3) is 0. The lowest BCUT2D eigenvalue weighted by molar-refractivity contribution is 0.670. The van der Waals surface area contributed by atoms with Crippen molar-refractivity contribution in [3.05, 3.63) is 279 Å². The number of para-hydroxylation sites is 4. The third-order valence-corrected chi connectivity index (χ3v) is 14.6. The SMILES string of the molecule is c1ccc(-c2ccc(-c3ccc(N(c4ccc(-c5ccccc5-c5cccc6c5oc5ccccc56)cc4)c4ccc(-c5cccc6ccccc56)cc4)cc3)c(-n3c4ccccc4c4ccccc43)c2)cc1. The summed E-state index contributed by atoms with van der Waals surface area (Å²) in [6.45, 7) is 0. The Kier molecular flexibility index (Phi) is 10.2. The van der Waals surface area contributed by atoms with E-state index in [1.54, 1.807) is 0 Å². The van der Waals surface area contributed by atoms with Gasteiger partial charge in [-0.25, -0.2) is 0 Å². The van der Waals surface area contributed by atoms with Gasteiger partial charge in [0.25, 0.3) is 0 Å². The lowest BCUT2D eigenvalue weighted by Gasteiger charge is -2.26. The number of hydrogen-bond acceptors (Lipinski definition) is 2. The summed E-state index contributed by atoms with van der Waals surface area (Å²) in [5, 5.41) is 7.21.